The summed E-state index contributed by atoms with van der Waals surface area (Å²) in [7, 11) is 0. The molecule has 0 saturated carbocycles. The first kappa shape index (κ1) is 27.8. The second-order valence-corrected chi connectivity index (χ2v) is 15.2. The molecule has 2 aliphatic rings. The molecule has 0 amide bonds. The molecule has 2 aliphatic heterocycles. The summed E-state index contributed by atoms with van der Waals surface area (Å²) in [5.74, 6) is 1.10. The maximum atomic E-state index is 5.48. The highest BCUT2D eigenvalue weighted by molar-refractivity contribution is 6.11. The van der Waals surface area contributed by atoms with Gasteiger partial charge in [0.1, 0.15) is 0 Å². The largest absolute Gasteiger partial charge is 0.332 e. The fraction of sp³-hybridized carbons (Fsp3) is 0.359. The number of anilines is 1. The maximum absolute atomic E-state index is 5.48. The van der Waals surface area contributed by atoms with E-state index in [1.807, 2.05) is 0 Å². The highest BCUT2D eigenvalue weighted by Crippen LogP contribution is 2.49. The van der Waals surface area contributed by atoms with Crippen LogP contribution < -0.4 is 4.90 Å². The van der Waals surface area contributed by atoms with E-state index in [4.69, 9.17) is 4.99 Å². The summed E-state index contributed by atoms with van der Waals surface area (Å²) >= 11 is 0. The number of aromatic nitrogens is 1. The molecule has 3 heterocycles. The van der Waals surface area contributed by atoms with Gasteiger partial charge in [-0.2, -0.15) is 0 Å². The Kier molecular flexibility index (Phi) is 5.96. The number of para-hydroxylation sites is 1. The summed E-state index contributed by atoms with van der Waals surface area (Å²) in [5, 5.41) is 2.53. The number of nitrogens with zero attached hydrogens (tertiary/aromatic N) is 4. The number of fused-ring (bicyclic) bond motifs is 4. The molecule has 0 aliphatic carbocycles. The van der Waals surface area contributed by atoms with Crippen LogP contribution in [-0.4, -0.2) is 37.6 Å². The Morgan fingerprint density at radius 2 is 1.19 bits per heavy atom. The van der Waals surface area contributed by atoms with Crippen LogP contribution >= 0.6 is 0 Å². The predicted octanol–water partition coefficient (Wildman–Crippen LogP) is 9.84. The SMILES string of the molecule is CC1(C)CC(C)(C)N2C(=N1)N(c1ccc3c(c1)c1ccccc1n3-c1cccc(-c3ccccc3)c1)C(C)(C)CC2(C)C. The first-order valence-corrected chi connectivity index (χ1v) is 15.7. The average molecular weight is 569 g/mol. The minimum atomic E-state index is -0.138. The van der Waals surface area contributed by atoms with E-state index in [1.54, 1.807) is 0 Å². The monoisotopic (exact) mass is 568 g/mol. The fourth-order valence-electron chi connectivity index (χ4n) is 8.79. The molecule has 4 nitrogen and oxygen atoms in total. The lowest BCUT2D eigenvalue weighted by molar-refractivity contribution is 0.0229. The van der Waals surface area contributed by atoms with Gasteiger partial charge in [0.25, 0.3) is 0 Å². The number of hydrogen-bond acceptors (Lipinski definition) is 3. The van der Waals surface area contributed by atoms with Gasteiger partial charge in [-0.25, -0.2) is 4.99 Å². The standard InChI is InChI=1S/C39H44N4/c1-36(2)25-38(5,6)43-35(40-36)42(37(3,4)26-39(43,7)8)30-21-22-34-32(24-30)31-19-12-13-20-33(31)41(34)29-18-14-17-28(23-29)27-15-10-9-11-16-27/h9-24H,25-26H2,1-8H3. The van der Waals surface area contributed by atoms with Crippen LogP contribution in [0.4, 0.5) is 5.69 Å². The zero-order valence-electron chi connectivity index (χ0n) is 26.9. The Balaban J connectivity index is 1.43. The van der Waals surface area contributed by atoms with Crippen LogP contribution in [0.5, 0.6) is 0 Å². The Morgan fingerprint density at radius 1 is 0.535 bits per heavy atom. The van der Waals surface area contributed by atoms with Gasteiger partial charge in [0.15, 0.2) is 0 Å². The molecule has 4 heteroatoms. The minimum Gasteiger partial charge on any atom is -0.332 e. The molecule has 0 unspecified atom stereocenters. The molecule has 4 aromatic carbocycles. The van der Waals surface area contributed by atoms with Crippen LogP contribution in [0.25, 0.3) is 38.6 Å². The van der Waals surface area contributed by atoms with Crippen molar-refractivity contribution >= 4 is 33.5 Å². The molecule has 5 aromatic rings. The summed E-state index contributed by atoms with van der Waals surface area (Å²) in [6.45, 7) is 18.9. The van der Waals surface area contributed by atoms with Crippen molar-refractivity contribution < 1.29 is 0 Å². The van der Waals surface area contributed by atoms with Crippen LogP contribution in [0, 0.1) is 0 Å². The summed E-state index contributed by atoms with van der Waals surface area (Å²) in [4.78, 5) is 10.6. The van der Waals surface area contributed by atoms with Gasteiger partial charge in [0, 0.05) is 38.8 Å². The van der Waals surface area contributed by atoms with Crippen LogP contribution in [0.2, 0.25) is 0 Å². The zero-order chi connectivity index (χ0) is 30.4. The molecular formula is C39H44N4. The third-order valence-electron chi connectivity index (χ3n) is 9.47. The molecule has 1 saturated heterocycles. The lowest BCUT2D eigenvalue weighted by Crippen LogP contribution is -2.74. The second kappa shape index (κ2) is 9.22. The van der Waals surface area contributed by atoms with Gasteiger partial charge in [-0.05, 0) is 116 Å². The number of aliphatic imine (C=N–C) groups is 1. The van der Waals surface area contributed by atoms with Crippen LogP contribution in [0.3, 0.4) is 0 Å². The highest BCUT2D eigenvalue weighted by Gasteiger charge is 2.55. The minimum absolute atomic E-state index is 0.0112. The first-order chi connectivity index (χ1) is 20.3. The van der Waals surface area contributed by atoms with Gasteiger partial charge in [0.2, 0.25) is 5.96 Å². The van der Waals surface area contributed by atoms with Crippen molar-refractivity contribution in [3.63, 3.8) is 0 Å². The summed E-state index contributed by atoms with van der Waals surface area (Å²) in [6.07, 6.45) is 2.06. The van der Waals surface area contributed by atoms with Crippen LogP contribution in [-0.2, 0) is 0 Å². The molecule has 0 N–H and O–H groups in total. The molecule has 7 rings (SSSR count). The van der Waals surface area contributed by atoms with Crippen molar-refractivity contribution in [2.75, 3.05) is 4.90 Å². The summed E-state index contributed by atoms with van der Waals surface area (Å²) in [5.41, 5.74) is 6.99. The van der Waals surface area contributed by atoms with Gasteiger partial charge < -0.3 is 14.4 Å². The maximum Gasteiger partial charge on any atom is 0.203 e. The van der Waals surface area contributed by atoms with Crippen molar-refractivity contribution in [1.82, 2.24) is 9.47 Å². The topological polar surface area (TPSA) is 23.8 Å². The van der Waals surface area contributed by atoms with E-state index in [0.717, 1.165) is 18.8 Å². The van der Waals surface area contributed by atoms with E-state index >= 15 is 0 Å². The Morgan fingerprint density at radius 3 is 1.95 bits per heavy atom. The van der Waals surface area contributed by atoms with Gasteiger partial charge in [-0.1, -0.05) is 60.7 Å². The Bertz CT molecular complexity index is 1890. The molecule has 0 spiro atoms. The van der Waals surface area contributed by atoms with E-state index in [0.29, 0.717) is 0 Å². The second-order valence-electron chi connectivity index (χ2n) is 15.2. The van der Waals surface area contributed by atoms with E-state index in [2.05, 4.69) is 167 Å². The third-order valence-corrected chi connectivity index (χ3v) is 9.47. The fourth-order valence-corrected chi connectivity index (χ4v) is 8.79. The number of rotatable bonds is 3. The van der Waals surface area contributed by atoms with Gasteiger partial charge in [0.05, 0.1) is 16.6 Å². The van der Waals surface area contributed by atoms with Gasteiger partial charge >= 0.3 is 0 Å². The average Bonchev–Trinajstić information content (AvgIpc) is 3.24. The van der Waals surface area contributed by atoms with Crippen LogP contribution in [0.1, 0.15) is 68.2 Å². The highest BCUT2D eigenvalue weighted by atomic mass is 15.5. The lowest BCUT2D eigenvalue weighted by atomic mass is 9.75. The first-order valence-electron chi connectivity index (χ1n) is 15.7. The predicted molar refractivity (Wildman–Crippen MR) is 184 cm³/mol. The molecule has 0 radical (unpaired) electrons. The number of guanidine groups is 1. The van der Waals surface area contributed by atoms with Crippen molar-refractivity contribution in [2.24, 2.45) is 4.99 Å². The molecular weight excluding hydrogens is 524 g/mol. The van der Waals surface area contributed by atoms with Crippen molar-refractivity contribution in [1.29, 1.82) is 0 Å². The van der Waals surface area contributed by atoms with E-state index < -0.39 is 0 Å². The van der Waals surface area contributed by atoms with E-state index in [9.17, 15) is 0 Å². The molecule has 43 heavy (non-hydrogen) atoms. The van der Waals surface area contributed by atoms with Crippen LogP contribution in [0.15, 0.2) is 102 Å². The van der Waals surface area contributed by atoms with Gasteiger partial charge in [-0.3, -0.25) is 0 Å². The molecule has 1 fully saturated rings. The van der Waals surface area contributed by atoms with E-state index in [-0.39, 0.29) is 22.2 Å². The smallest absolute Gasteiger partial charge is 0.203 e. The normalized spacial score (nSPS) is 20.2. The number of benzene rings is 4. The lowest BCUT2D eigenvalue weighted by Gasteiger charge is -2.64. The van der Waals surface area contributed by atoms with E-state index in [1.165, 1.54) is 44.3 Å². The quantitative estimate of drug-likeness (QED) is 0.216. The molecule has 220 valence electrons. The van der Waals surface area contributed by atoms with Crippen molar-refractivity contribution in [2.45, 2.75) is 90.4 Å². The van der Waals surface area contributed by atoms with Gasteiger partial charge in [-0.15, -0.1) is 0 Å². The van der Waals surface area contributed by atoms with Crippen molar-refractivity contribution in [3.05, 3.63) is 97.1 Å². The third kappa shape index (κ3) is 4.45. The molecule has 0 bridgehead atoms. The molecule has 0 atom stereocenters. The zero-order valence-corrected chi connectivity index (χ0v) is 26.9. The Hall–Kier alpha value is -4.05. The number of hydrogen-bond donors (Lipinski definition) is 0. The summed E-state index contributed by atoms with van der Waals surface area (Å²) < 4.78 is 2.42. The molecule has 1 aromatic heterocycles. The Labute approximate surface area is 256 Å². The van der Waals surface area contributed by atoms with Crippen molar-refractivity contribution in [3.8, 4) is 16.8 Å². The summed E-state index contributed by atoms with van der Waals surface area (Å²) in [6, 6.07) is 35.4.